The molecule has 0 atom stereocenters. The van der Waals surface area contributed by atoms with Crippen molar-refractivity contribution in [3.8, 4) is 5.82 Å². The summed E-state index contributed by atoms with van der Waals surface area (Å²) in [6, 6.07) is 12.8. The van der Waals surface area contributed by atoms with Gasteiger partial charge < -0.3 is 15.0 Å². The second-order valence-corrected chi connectivity index (χ2v) is 5.26. The Bertz CT molecular complexity index is 809. The highest BCUT2D eigenvalue weighted by Gasteiger charge is 2.09. The average Bonchev–Trinajstić information content (AvgIpc) is 3.11. The zero-order chi connectivity index (χ0) is 16.2. The lowest BCUT2D eigenvalue weighted by atomic mass is 10.1. The molecule has 0 saturated heterocycles. The Labute approximate surface area is 134 Å². The molecule has 2 aromatic heterocycles. The minimum Gasteiger partial charge on any atom is -0.392 e. The second-order valence-electron chi connectivity index (χ2n) is 5.26. The number of hydrogen-bond acceptors (Lipinski definition) is 3. The maximum absolute atomic E-state index is 12.3. The molecular formula is C18H17N3O2. The van der Waals surface area contributed by atoms with E-state index in [9.17, 15) is 9.90 Å². The molecule has 5 heteroatoms. The summed E-state index contributed by atoms with van der Waals surface area (Å²) >= 11 is 0. The Hall–Kier alpha value is -2.92. The van der Waals surface area contributed by atoms with Crippen LogP contribution in [-0.4, -0.2) is 20.6 Å². The molecule has 0 aliphatic rings. The molecule has 23 heavy (non-hydrogen) atoms. The van der Waals surface area contributed by atoms with Crippen LogP contribution in [0.1, 0.15) is 21.5 Å². The number of aliphatic hydroxyl groups excluding tert-OH is 1. The largest absolute Gasteiger partial charge is 0.392 e. The quantitative estimate of drug-likeness (QED) is 0.779. The first-order valence-corrected chi connectivity index (χ1v) is 7.28. The summed E-state index contributed by atoms with van der Waals surface area (Å²) in [6.07, 6.45) is 5.34. The third-order valence-electron chi connectivity index (χ3n) is 3.61. The lowest BCUT2D eigenvalue weighted by molar-refractivity contribution is 0.102. The standard InChI is InChI=1S/C18H17N3O2/c1-13-4-5-14(12-22)10-16(13)20-18(23)15-6-7-17(19-11-15)21-8-2-3-9-21/h2-11,22H,12H2,1H3,(H,20,23). The van der Waals surface area contributed by atoms with Crippen LogP contribution in [0, 0.1) is 6.92 Å². The molecule has 2 N–H and O–H groups in total. The molecule has 0 unspecified atom stereocenters. The first-order valence-electron chi connectivity index (χ1n) is 7.28. The van der Waals surface area contributed by atoms with Crippen LogP contribution in [0.15, 0.2) is 61.1 Å². The highest BCUT2D eigenvalue weighted by molar-refractivity contribution is 6.04. The van der Waals surface area contributed by atoms with Crippen molar-refractivity contribution in [2.45, 2.75) is 13.5 Å². The number of aryl methyl sites for hydroxylation is 1. The van der Waals surface area contributed by atoms with Crippen LogP contribution < -0.4 is 5.32 Å². The molecule has 1 aromatic carbocycles. The first-order chi connectivity index (χ1) is 11.2. The Balaban J connectivity index is 1.78. The van der Waals surface area contributed by atoms with E-state index >= 15 is 0 Å². The van der Waals surface area contributed by atoms with Crippen molar-refractivity contribution in [2.24, 2.45) is 0 Å². The molecule has 1 amide bonds. The minimum absolute atomic E-state index is 0.0593. The molecule has 0 radical (unpaired) electrons. The normalized spacial score (nSPS) is 10.5. The summed E-state index contributed by atoms with van der Waals surface area (Å²) in [5.41, 5.74) is 2.87. The van der Waals surface area contributed by atoms with Gasteiger partial charge in [-0.3, -0.25) is 4.79 Å². The van der Waals surface area contributed by atoms with Crippen molar-refractivity contribution in [3.05, 3.63) is 77.7 Å². The molecule has 0 bridgehead atoms. The van der Waals surface area contributed by atoms with Gasteiger partial charge in [0.1, 0.15) is 5.82 Å². The van der Waals surface area contributed by atoms with Crippen molar-refractivity contribution < 1.29 is 9.90 Å². The van der Waals surface area contributed by atoms with Crippen LogP contribution in [0.4, 0.5) is 5.69 Å². The molecular weight excluding hydrogens is 290 g/mol. The van der Waals surface area contributed by atoms with Gasteiger partial charge in [-0.1, -0.05) is 12.1 Å². The van der Waals surface area contributed by atoms with Gasteiger partial charge in [0.2, 0.25) is 0 Å². The smallest absolute Gasteiger partial charge is 0.257 e. The third-order valence-corrected chi connectivity index (χ3v) is 3.61. The average molecular weight is 307 g/mol. The number of hydrogen-bond donors (Lipinski definition) is 2. The van der Waals surface area contributed by atoms with Crippen molar-refractivity contribution >= 4 is 11.6 Å². The van der Waals surface area contributed by atoms with Crippen molar-refractivity contribution in [1.82, 2.24) is 9.55 Å². The maximum Gasteiger partial charge on any atom is 0.257 e. The van der Waals surface area contributed by atoms with Gasteiger partial charge >= 0.3 is 0 Å². The molecule has 2 heterocycles. The fraction of sp³-hybridized carbons (Fsp3) is 0.111. The summed E-state index contributed by atoms with van der Waals surface area (Å²) in [4.78, 5) is 16.6. The maximum atomic E-state index is 12.3. The van der Waals surface area contributed by atoms with Crippen LogP contribution in [0.5, 0.6) is 0 Å². The van der Waals surface area contributed by atoms with Crippen molar-refractivity contribution in [3.63, 3.8) is 0 Å². The van der Waals surface area contributed by atoms with Crippen molar-refractivity contribution in [2.75, 3.05) is 5.32 Å². The van der Waals surface area contributed by atoms with E-state index in [4.69, 9.17) is 0 Å². The zero-order valence-corrected chi connectivity index (χ0v) is 12.7. The minimum atomic E-state index is -0.227. The molecule has 0 aliphatic heterocycles. The van der Waals surface area contributed by atoms with Gasteiger partial charge in [0.05, 0.1) is 12.2 Å². The molecule has 0 saturated carbocycles. The van der Waals surface area contributed by atoms with E-state index in [0.29, 0.717) is 11.3 Å². The number of carbonyl (C=O) groups excluding carboxylic acids is 1. The van der Waals surface area contributed by atoms with E-state index in [1.807, 2.05) is 48.1 Å². The molecule has 0 fully saturated rings. The number of nitrogens with zero attached hydrogens (tertiary/aromatic N) is 2. The Morgan fingerprint density at radius 2 is 2.00 bits per heavy atom. The van der Waals surface area contributed by atoms with Gasteiger partial charge in [-0.05, 0) is 48.4 Å². The van der Waals surface area contributed by atoms with Gasteiger partial charge in [0.15, 0.2) is 0 Å². The van der Waals surface area contributed by atoms with Crippen LogP contribution in [0.2, 0.25) is 0 Å². The fourth-order valence-corrected chi connectivity index (χ4v) is 2.26. The highest BCUT2D eigenvalue weighted by Crippen LogP contribution is 2.18. The summed E-state index contributed by atoms with van der Waals surface area (Å²) in [7, 11) is 0. The molecule has 5 nitrogen and oxygen atoms in total. The lowest BCUT2D eigenvalue weighted by Crippen LogP contribution is -2.13. The molecule has 0 spiro atoms. The van der Waals surface area contributed by atoms with Crippen LogP contribution in [0.3, 0.4) is 0 Å². The summed E-state index contributed by atoms with van der Waals surface area (Å²) in [6.45, 7) is 1.85. The number of aromatic nitrogens is 2. The van der Waals surface area contributed by atoms with E-state index in [1.54, 1.807) is 24.4 Å². The number of aliphatic hydroxyl groups is 1. The molecule has 3 rings (SSSR count). The van der Waals surface area contributed by atoms with Crippen LogP contribution in [-0.2, 0) is 6.61 Å². The summed E-state index contributed by atoms with van der Waals surface area (Å²) in [5.74, 6) is 0.528. The second kappa shape index (κ2) is 6.46. The monoisotopic (exact) mass is 307 g/mol. The van der Waals surface area contributed by atoms with Gasteiger partial charge in [0, 0.05) is 24.3 Å². The van der Waals surface area contributed by atoms with Crippen molar-refractivity contribution in [1.29, 1.82) is 0 Å². The number of anilines is 1. The van der Waals surface area contributed by atoms with E-state index in [1.165, 1.54) is 0 Å². The zero-order valence-electron chi connectivity index (χ0n) is 12.7. The predicted molar refractivity (Wildman–Crippen MR) is 88.6 cm³/mol. The molecule has 3 aromatic rings. The Kier molecular flexibility index (Phi) is 4.21. The SMILES string of the molecule is Cc1ccc(CO)cc1NC(=O)c1ccc(-n2cccc2)nc1. The molecule has 0 aliphatic carbocycles. The van der Waals surface area contributed by atoms with Crippen LogP contribution >= 0.6 is 0 Å². The Morgan fingerprint density at radius 3 is 2.65 bits per heavy atom. The number of nitrogens with one attached hydrogen (secondary N) is 1. The summed E-state index contributed by atoms with van der Waals surface area (Å²) in [5, 5.41) is 12.1. The number of carbonyl (C=O) groups is 1. The van der Waals surface area contributed by atoms with Gasteiger partial charge in [-0.15, -0.1) is 0 Å². The van der Waals surface area contributed by atoms with E-state index < -0.39 is 0 Å². The highest BCUT2D eigenvalue weighted by atomic mass is 16.3. The topological polar surface area (TPSA) is 67.2 Å². The predicted octanol–water partition coefficient (Wildman–Crippen LogP) is 2.93. The summed E-state index contributed by atoms with van der Waals surface area (Å²) < 4.78 is 1.87. The number of benzene rings is 1. The number of pyridine rings is 1. The van der Waals surface area contributed by atoms with Gasteiger partial charge in [-0.25, -0.2) is 4.98 Å². The van der Waals surface area contributed by atoms with E-state index in [2.05, 4.69) is 10.3 Å². The van der Waals surface area contributed by atoms with E-state index in [-0.39, 0.29) is 12.5 Å². The number of rotatable bonds is 4. The fourth-order valence-electron chi connectivity index (χ4n) is 2.26. The number of amides is 1. The van der Waals surface area contributed by atoms with Crippen LogP contribution in [0.25, 0.3) is 5.82 Å². The van der Waals surface area contributed by atoms with E-state index in [0.717, 1.165) is 16.9 Å². The molecule has 116 valence electrons. The lowest BCUT2D eigenvalue weighted by Gasteiger charge is -2.10. The van der Waals surface area contributed by atoms with Gasteiger partial charge in [0.25, 0.3) is 5.91 Å². The third kappa shape index (κ3) is 3.30. The Morgan fingerprint density at radius 1 is 1.22 bits per heavy atom. The first kappa shape index (κ1) is 15.0. The van der Waals surface area contributed by atoms with Gasteiger partial charge in [-0.2, -0.15) is 0 Å².